The van der Waals surface area contributed by atoms with E-state index in [-0.39, 0.29) is 10.8 Å². The predicted octanol–water partition coefficient (Wildman–Crippen LogP) is 8.47. The molecule has 0 N–H and O–H groups in total. The van der Waals surface area contributed by atoms with Gasteiger partial charge in [-0.3, -0.25) is 0 Å². The molecular weight excluding hydrogens is 484 g/mol. The Hall–Kier alpha value is -3.66. The van der Waals surface area contributed by atoms with E-state index in [1.54, 1.807) is 36.4 Å². The fourth-order valence-electron chi connectivity index (χ4n) is 6.95. The minimum Gasteiger partial charge on any atom is -0.423 e. The molecule has 5 rings (SSSR count). The highest BCUT2D eigenvalue weighted by Crippen LogP contribution is 2.61. The molecule has 1 saturated carbocycles. The maximum atomic E-state index is 13.1. The molecular formula is C35H38O4. The monoisotopic (exact) mass is 522 g/mol. The van der Waals surface area contributed by atoms with Crippen molar-refractivity contribution in [3.05, 3.63) is 107 Å². The van der Waals surface area contributed by atoms with Gasteiger partial charge in [-0.15, -0.1) is 0 Å². The Morgan fingerprint density at radius 3 is 2.10 bits per heavy atom. The Morgan fingerprint density at radius 1 is 0.846 bits per heavy atom. The zero-order valence-corrected chi connectivity index (χ0v) is 23.4. The molecule has 0 amide bonds. The van der Waals surface area contributed by atoms with Crippen molar-refractivity contribution >= 4 is 11.9 Å². The van der Waals surface area contributed by atoms with E-state index < -0.39 is 11.9 Å². The predicted molar refractivity (Wildman–Crippen MR) is 154 cm³/mol. The standard InChI is InChI=1S/C35H38O4/c1-24-12-11-17-31-34(24,3)21-20-25(2)35(31,4)23-28-22-29(38-32(36)26-13-7-5-8-14-26)18-19-30(28)39-33(37)27-15-9-6-10-16-27/h5-10,12-16,18-19,22,25,31H,11,17,20-21,23H2,1-4H3/t25-,31+,34+,35+/m0/s1. The molecule has 39 heavy (non-hydrogen) atoms. The first-order valence-corrected chi connectivity index (χ1v) is 14.1. The molecule has 2 aliphatic rings. The van der Waals surface area contributed by atoms with Gasteiger partial charge in [0.1, 0.15) is 11.5 Å². The zero-order chi connectivity index (χ0) is 27.6. The summed E-state index contributed by atoms with van der Waals surface area (Å²) < 4.78 is 11.8. The van der Waals surface area contributed by atoms with Gasteiger partial charge in [0.2, 0.25) is 0 Å². The average Bonchev–Trinajstić information content (AvgIpc) is 2.94. The summed E-state index contributed by atoms with van der Waals surface area (Å²) in [6, 6.07) is 23.4. The molecule has 0 spiro atoms. The maximum Gasteiger partial charge on any atom is 0.343 e. The number of rotatable bonds is 6. The molecule has 0 heterocycles. The molecule has 4 heteroatoms. The Labute approximate surface area is 232 Å². The molecule has 0 unspecified atom stereocenters. The minimum absolute atomic E-state index is 0.0154. The van der Waals surface area contributed by atoms with Crippen molar-refractivity contribution in [3.63, 3.8) is 0 Å². The third-order valence-corrected chi connectivity index (χ3v) is 9.63. The molecule has 3 aromatic rings. The summed E-state index contributed by atoms with van der Waals surface area (Å²) in [7, 11) is 0. The van der Waals surface area contributed by atoms with Gasteiger partial charge >= 0.3 is 11.9 Å². The highest BCUT2D eigenvalue weighted by atomic mass is 16.5. The van der Waals surface area contributed by atoms with Crippen LogP contribution in [-0.2, 0) is 6.42 Å². The van der Waals surface area contributed by atoms with Gasteiger partial charge in [-0.05, 0) is 110 Å². The van der Waals surface area contributed by atoms with E-state index in [1.807, 2.05) is 42.5 Å². The van der Waals surface area contributed by atoms with Gasteiger partial charge < -0.3 is 9.47 Å². The average molecular weight is 523 g/mol. The van der Waals surface area contributed by atoms with Gasteiger partial charge in [-0.1, -0.05) is 68.8 Å². The Balaban J connectivity index is 1.50. The lowest BCUT2D eigenvalue weighted by Crippen LogP contribution is -2.50. The van der Waals surface area contributed by atoms with Crippen molar-refractivity contribution in [2.24, 2.45) is 22.7 Å². The summed E-state index contributed by atoms with van der Waals surface area (Å²) >= 11 is 0. The van der Waals surface area contributed by atoms with Gasteiger partial charge in [-0.2, -0.15) is 0 Å². The van der Waals surface area contributed by atoms with E-state index in [0.29, 0.717) is 34.5 Å². The van der Waals surface area contributed by atoms with E-state index in [9.17, 15) is 9.59 Å². The number of esters is 2. The number of fused-ring (bicyclic) bond motifs is 1. The summed E-state index contributed by atoms with van der Waals surface area (Å²) in [6.07, 6.45) is 7.74. The smallest absolute Gasteiger partial charge is 0.343 e. The van der Waals surface area contributed by atoms with Crippen LogP contribution >= 0.6 is 0 Å². The Bertz CT molecular complexity index is 1380. The van der Waals surface area contributed by atoms with Crippen LogP contribution in [0.3, 0.4) is 0 Å². The normalized spacial score (nSPS) is 26.2. The van der Waals surface area contributed by atoms with Crippen molar-refractivity contribution in [3.8, 4) is 11.5 Å². The lowest BCUT2D eigenvalue weighted by Gasteiger charge is -2.58. The fraction of sp³-hybridized carbons (Fsp3) is 0.371. The Morgan fingerprint density at radius 2 is 1.46 bits per heavy atom. The molecule has 0 aliphatic heterocycles. The van der Waals surface area contributed by atoms with E-state index in [2.05, 4.69) is 33.8 Å². The van der Waals surface area contributed by atoms with Crippen molar-refractivity contribution in [2.45, 2.75) is 59.8 Å². The third-order valence-electron chi connectivity index (χ3n) is 9.63. The van der Waals surface area contributed by atoms with Crippen LogP contribution in [0.5, 0.6) is 11.5 Å². The van der Waals surface area contributed by atoms with E-state index in [1.165, 1.54) is 12.0 Å². The second-order valence-electron chi connectivity index (χ2n) is 11.8. The molecule has 3 aromatic carbocycles. The first kappa shape index (κ1) is 26.9. The van der Waals surface area contributed by atoms with Gasteiger partial charge in [0, 0.05) is 0 Å². The third kappa shape index (κ3) is 5.30. The van der Waals surface area contributed by atoms with Crippen LogP contribution < -0.4 is 9.47 Å². The first-order valence-electron chi connectivity index (χ1n) is 14.1. The van der Waals surface area contributed by atoms with Crippen LogP contribution in [0.2, 0.25) is 0 Å². The van der Waals surface area contributed by atoms with Gasteiger partial charge in [0.05, 0.1) is 11.1 Å². The van der Waals surface area contributed by atoms with Crippen molar-refractivity contribution in [1.29, 1.82) is 0 Å². The summed E-state index contributed by atoms with van der Waals surface area (Å²) in [5, 5.41) is 0. The van der Waals surface area contributed by atoms with Gasteiger partial charge in [-0.25, -0.2) is 9.59 Å². The molecule has 0 saturated heterocycles. The quantitative estimate of drug-likeness (QED) is 0.185. The van der Waals surface area contributed by atoms with Crippen molar-refractivity contribution in [2.75, 3.05) is 0 Å². The number of carbonyl (C=O) groups excluding carboxylic acids is 2. The zero-order valence-electron chi connectivity index (χ0n) is 23.4. The maximum absolute atomic E-state index is 13.1. The van der Waals surface area contributed by atoms with Crippen LogP contribution in [0.1, 0.15) is 79.7 Å². The molecule has 2 aliphatic carbocycles. The van der Waals surface area contributed by atoms with E-state index in [0.717, 1.165) is 31.2 Å². The number of benzene rings is 3. The highest BCUT2D eigenvalue weighted by molar-refractivity contribution is 5.92. The van der Waals surface area contributed by atoms with E-state index >= 15 is 0 Å². The highest BCUT2D eigenvalue weighted by Gasteiger charge is 2.53. The molecule has 0 radical (unpaired) electrons. The molecule has 1 fully saturated rings. The van der Waals surface area contributed by atoms with Gasteiger partial charge in [0.25, 0.3) is 0 Å². The fourth-order valence-corrected chi connectivity index (χ4v) is 6.95. The molecule has 0 bridgehead atoms. The summed E-state index contributed by atoms with van der Waals surface area (Å²) in [5.41, 5.74) is 3.53. The lowest BCUT2D eigenvalue weighted by atomic mass is 9.47. The topological polar surface area (TPSA) is 52.6 Å². The van der Waals surface area contributed by atoms with Crippen molar-refractivity contribution in [1.82, 2.24) is 0 Å². The summed E-state index contributed by atoms with van der Waals surface area (Å²) in [6.45, 7) is 9.49. The number of ether oxygens (including phenoxy) is 2. The van der Waals surface area contributed by atoms with Crippen LogP contribution in [0.25, 0.3) is 0 Å². The van der Waals surface area contributed by atoms with Crippen LogP contribution in [0, 0.1) is 22.7 Å². The molecule has 4 atom stereocenters. The van der Waals surface area contributed by atoms with Crippen LogP contribution in [0.15, 0.2) is 90.5 Å². The Kier molecular flexibility index (Phi) is 7.48. The van der Waals surface area contributed by atoms with Crippen LogP contribution in [0.4, 0.5) is 0 Å². The number of allylic oxidation sites excluding steroid dienone is 2. The number of carbonyl (C=O) groups is 2. The largest absolute Gasteiger partial charge is 0.423 e. The second kappa shape index (κ2) is 10.8. The first-order chi connectivity index (χ1) is 18.7. The lowest BCUT2D eigenvalue weighted by molar-refractivity contribution is -0.0412. The van der Waals surface area contributed by atoms with Crippen molar-refractivity contribution < 1.29 is 19.1 Å². The second-order valence-corrected chi connectivity index (χ2v) is 11.8. The number of hydrogen-bond donors (Lipinski definition) is 0. The summed E-state index contributed by atoms with van der Waals surface area (Å²) in [4.78, 5) is 25.9. The van der Waals surface area contributed by atoms with E-state index in [4.69, 9.17) is 9.47 Å². The van der Waals surface area contributed by atoms with Crippen LogP contribution in [-0.4, -0.2) is 11.9 Å². The minimum atomic E-state index is -0.409. The SMILES string of the molecule is CC1=CCC[C@H]2[C@](C)(Cc3cc(OC(=O)c4ccccc4)ccc3OC(=O)c3ccccc3)[C@@H](C)CC[C@]12C. The molecule has 202 valence electrons. The molecule has 4 nitrogen and oxygen atoms in total. The van der Waals surface area contributed by atoms with Gasteiger partial charge in [0.15, 0.2) is 0 Å². The summed E-state index contributed by atoms with van der Waals surface area (Å²) in [5.74, 6) is 1.17. The molecule has 0 aromatic heterocycles. The number of hydrogen-bond acceptors (Lipinski definition) is 4.